The van der Waals surface area contributed by atoms with E-state index < -0.39 is 0 Å². The first-order valence-corrected chi connectivity index (χ1v) is 5.59. The molecule has 2 N–H and O–H groups in total. The lowest BCUT2D eigenvalue weighted by Gasteiger charge is -2.16. The van der Waals surface area contributed by atoms with Crippen LogP contribution in [0, 0.1) is 11.8 Å². The largest absolute Gasteiger partial charge is 0.393 e. The van der Waals surface area contributed by atoms with Crippen molar-refractivity contribution in [2.24, 2.45) is 11.8 Å². The van der Waals surface area contributed by atoms with Gasteiger partial charge in [0.1, 0.15) is 0 Å². The molecule has 0 aromatic carbocycles. The Morgan fingerprint density at radius 2 is 2.38 bits per heavy atom. The van der Waals surface area contributed by atoms with Crippen LogP contribution in [-0.4, -0.2) is 50.5 Å². The lowest BCUT2D eigenvalue weighted by atomic mass is 10.00. The second-order valence-electron chi connectivity index (χ2n) is 4.63. The van der Waals surface area contributed by atoms with Gasteiger partial charge < -0.3 is 10.0 Å². The van der Waals surface area contributed by atoms with Crippen molar-refractivity contribution in [3.8, 4) is 0 Å². The van der Waals surface area contributed by atoms with E-state index in [4.69, 9.17) is 0 Å². The van der Waals surface area contributed by atoms with E-state index in [1.165, 1.54) is 6.20 Å². The fourth-order valence-corrected chi connectivity index (χ4v) is 2.87. The maximum Gasteiger partial charge on any atom is 0.276 e. The number of fused-ring (bicyclic) bond motifs is 1. The van der Waals surface area contributed by atoms with Crippen LogP contribution in [0.5, 0.6) is 0 Å². The van der Waals surface area contributed by atoms with E-state index in [0.717, 1.165) is 19.4 Å². The summed E-state index contributed by atoms with van der Waals surface area (Å²) in [4.78, 5) is 13.7. The van der Waals surface area contributed by atoms with E-state index in [9.17, 15) is 9.90 Å². The van der Waals surface area contributed by atoms with E-state index in [1.54, 1.807) is 4.90 Å². The number of aromatic amines is 1. The summed E-state index contributed by atoms with van der Waals surface area (Å²) in [5.74, 6) is 0.636. The standard InChI is InChI=1S/C10H14N4O2/c15-9-2-1-6-4-14(5-7(6)9)10(16)8-3-11-13-12-8/h3,6-7,9,15H,1-2,4-5H2,(H,11,12,13). The summed E-state index contributed by atoms with van der Waals surface area (Å²) in [6, 6.07) is 0. The fourth-order valence-electron chi connectivity index (χ4n) is 2.87. The summed E-state index contributed by atoms with van der Waals surface area (Å²) >= 11 is 0. The first-order chi connectivity index (χ1) is 7.75. The maximum absolute atomic E-state index is 12.0. The summed E-state index contributed by atoms with van der Waals surface area (Å²) < 4.78 is 0. The summed E-state index contributed by atoms with van der Waals surface area (Å²) in [5, 5.41) is 19.6. The van der Waals surface area contributed by atoms with E-state index >= 15 is 0 Å². The van der Waals surface area contributed by atoms with Crippen LogP contribution in [0.4, 0.5) is 0 Å². The third-order valence-corrected chi connectivity index (χ3v) is 3.74. The smallest absolute Gasteiger partial charge is 0.276 e. The summed E-state index contributed by atoms with van der Waals surface area (Å²) in [6.07, 6.45) is 3.10. The van der Waals surface area contributed by atoms with Gasteiger partial charge in [0.25, 0.3) is 5.91 Å². The van der Waals surface area contributed by atoms with Crippen molar-refractivity contribution in [3.63, 3.8) is 0 Å². The molecule has 1 aliphatic heterocycles. The highest BCUT2D eigenvalue weighted by Crippen LogP contribution is 2.38. The molecule has 1 saturated heterocycles. The number of amides is 1. The molecule has 86 valence electrons. The number of H-pyrrole nitrogens is 1. The van der Waals surface area contributed by atoms with Crippen molar-refractivity contribution >= 4 is 5.91 Å². The van der Waals surface area contributed by atoms with Crippen LogP contribution in [-0.2, 0) is 0 Å². The molecule has 3 atom stereocenters. The molecule has 0 spiro atoms. The molecule has 1 aromatic rings. The highest BCUT2D eigenvalue weighted by molar-refractivity contribution is 5.92. The molecule has 6 nitrogen and oxygen atoms in total. The molecule has 2 heterocycles. The molecule has 1 saturated carbocycles. The quantitative estimate of drug-likeness (QED) is 0.680. The van der Waals surface area contributed by atoms with Gasteiger partial charge in [-0.1, -0.05) is 0 Å². The van der Waals surface area contributed by atoms with Crippen molar-refractivity contribution in [2.75, 3.05) is 13.1 Å². The van der Waals surface area contributed by atoms with Gasteiger partial charge in [-0.25, -0.2) is 0 Å². The second kappa shape index (κ2) is 3.55. The van der Waals surface area contributed by atoms with Crippen molar-refractivity contribution in [1.29, 1.82) is 0 Å². The Balaban J connectivity index is 1.73. The first kappa shape index (κ1) is 9.77. The van der Waals surface area contributed by atoms with Gasteiger partial charge in [0.05, 0.1) is 12.3 Å². The minimum Gasteiger partial charge on any atom is -0.393 e. The molecule has 3 rings (SSSR count). The Morgan fingerprint density at radius 1 is 1.50 bits per heavy atom. The summed E-state index contributed by atoms with van der Waals surface area (Å²) in [6.45, 7) is 1.39. The van der Waals surface area contributed by atoms with Gasteiger partial charge >= 0.3 is 0 Å². The number of carbonyl (C=O) groups excluding carboxylic acids is 1. The predicted octanol–water partition coefficient (Wildman–Crippen LogP) is -0.352. The predicted molar refractivity (Wildman–Crippen MR) is 54.5 cm³/mol. The highest BCUT2D eigenvalue weighted by atomic mass is 16.3. The number of likely N-dealkylation sites (tertiary alicyclic amines) is 1. The van der Waals surface area contributed by atoms with Crippen molar-refractivity contribution in [2.45, 2.75) is 18.9 Å². The van der Waals surface area contributed by atoms with Gasteiger partial charge in [0.2, 0.25) is 0 Å². The van der Waals surface area contributed by atoms with E-state index in [0.29, 0.717) is 18.2 Å². The van der Waals surface area contributed by atoms with Crippen molar-refractivity contribution < 1.29 is 9.90 Å². The van der Waals surface area contributed by atoms with Gasteiger partial charge in [-0.15, -0.1) is 0 Å². The van der Waals surface area contributed by atoms with Crippen LogP contribution in [0.15, 0.2) is 6.20 Å². The number of nitrogens with zero attached hydrogens (tertiary/aromatic N) is 3. The Hall–Kier alpha value is -1.43. The third-order valence-electron chi connectivity index (χ3n) is 3.74. The average molecular weight is 222 g/mol. The van der Waals surface area contributed by atoms with Gasteiger partial charge in [0.15, 0.2) is 5.69 Å². The Morgan fingerprint density at radius 3 is 3.06 bits per heavy atom. The number of aliphatic hydroxyl groups excluding tert-OH is 1. The Labute approximate surface area is 92.6 Å². The molecule has 2 aliphatic rings. The monoisotopic (exact) mass is 222 g/mol. The molecule has 6 heteroatoms. The third kappa shape index (κ3) is 1.41. The molecule has 1 aliphatic carbocycles. The lowest BCUT2D eigenvalue weighted by Crippen LogP contribution is -2.31. The average Bonchev–Trinajstić information content (AvgIpc) is 2.96. The van der Waals surface area contributed by atoms with Crippen LogP contribution >= 0.6 is 0 Å². The van der Waals surface area contributed by atoms with Crippen molar-refractivity contribution in [1.82, 2.24) is 20.3 Å². The molecule has 3 unspecified atom stereocenters. The zero-order chi connectivity index (χ0) is 11.1. The second-order valence-corrected chi connectivity index (χ2v) is 4.63. The van der Waals surface area contributed by atoms with Crippen LogP contribution in [0.1, 0.15) is 23.3 Å². The zero-order valence-electron chi connectivity index (χ0n) is 8.83. The molecule has 1 amide bonds. The number of aliphatic hydroxyl groups is 1. The molecular weight excluding hydrogens is 208 g/mol. The molecule has 1 aromatic heterocycles. The van der Waals surface area contributed by atoms with E-state index in [-0.39, 0.29) is 17.9 Å². The molecule has 2 fully saturated rings. The number of hydrogen-bond donors (Lipinski definition) is 2. The zero-order valence-corrected chi connectivity index (χ0v) is 8.83. The number of rotatable bonds is 1. The number of nitrogens with one attached hydrogen (secondary N) is 1. The summed E-state index contributed by atoms with van der Waals surface area (Å²) in [5.41, 5.74) is 0.356. The Kier molecular flexibility index (Phi) is 2.17. The number of hydrogen-bond acceptors (Lipinski definition) is 4. The maximum atomic E-state index is 12.0. The molecule has 0 bridgehead atoms. The lowest BCUT2D eigenvalue weighted by molar-refractivity contribution is 0.0746. The van der Waals surface area contributed by atoms with Gasteiger partial charge in [-0.3, -0.25) is 4.79 Å². The van der Waals surface area contributed by atoms with Crippen LogP contribution in [0.25, 0.3) is 0 Å². The fraction of sp³-hybridized carbons (Fsp3) is 0.700. The normalized spacial score (nSPS) is 33.1. The van der Waals surface area contributed by atoms with Gasteiger partial charge in [-0.05, 0) is 18.8 Å². The molecule has 0 radical (unpaired) electrons. The van der Waals surface area contributed by atoms with Gasteiger partial charge in [0, 0.05) is 19.0 Å². The SMILES string of the molecule is O=C(c1cn[nH]n1)N1CC2CCC(O)C2C1. The van der Waals surface area contributed by atoms with Gasteiger partial charge in [-0.2, -0.15) is 15.4 Å². The molecular formula is C10H14N4O2. The van der Waals surface area contributed by atoms with E-state index in [1.807, 2.05) is 0 Å². The minimum atomic E-state index is -0.236. The minimum absolute atomic E-state index is 0.0876. The van der Waals surface area contributed by atoms with Crippen LogP contribution in [0.2, 0.25) is 0 Å². The molecule has 16 heavy (non-hydrogen) atoms. The number of carbonyl (C=O) groups is 1. The first-order valence-electron chi connectivity index (χ1n) is 5.59. The van der Waals surface area contributed by atoms with Crippen LogP contribution < -0.4 is 0 Å². The van der Waals surface area contributed by atoms with E-state index in [2.05, 4.69) is 15.4 Å². The topological polar surface area (TPSA) is 82.1 Å². The number of aromatic nitrogens is 3. The van der Waals surface area contributed by atoms with Crippen molar-refractivity contribution in [3.05, 3.63) is 11.9 Å². The highest BCUT2D eigenvalue weighted by Gasteiger charge is 2.43. The Bertz CT molecular complexity index is 392. The van der Waals surface area contributed by atoms with Crippen LogP contribution in [0.3, 0.4) is 0 Å². The summed E-state index contributed by atoms with van der Waals surface area (Å²) in [7, 11) is 0.